The molecule has 1 atom stereocenters. The third kappa shape index (κ3) is 5.39. The number of fused-ring (bicyclic) bond motifs is 3. The molecular weight excluding hydrogens is 597 g/mol. The van der Waals surface area contributed by atoms with Crippen LogP contribution in [0.15, 0.2) is 192 Å². The van der Waals surface area contributed by atoms with E-state index in [0.29, 0.717) is 0 Å². The number of nitrogens with zero attached hydrogens (tertiary/aromatic N) is 3. The summed E-state index contributed by atoms with van der Waals surface area (Å²) in [6.07, 6.45) is -0.368. The predicted molar refractivity (Wildman–Crippen MR) is 203 cm³/mol. The molecule has 1 aliphatic rings. The zero-order valence-corrected chi connectivity index (χ0v) is 26.7. The van der Waals surface area contributed by atoms with Crippen LogP contribution in [0.25, 0.3) is 49.7 Å². The molecule has 2 heterocycles. The van der Waals surface area contributed by atoms with Crippen molar-refractivity contribution in [1.29, 1.82) is 0 Å². The van der Waals surface area contributed by atoms with Gasteiger partial charge in [0.2, 0.25) is 0 Å². The van der Waals surface area contributed by atoms with E-state index in [2.05, 4.69) is 168 Å². The fourth-order valence-electron chi connectivity index (χ4n) is 6.80. The van der Waals surface area contributed by atoms with Gasteiger partial charge in [-0.25, -0.2) is 9.98 Å². The van der Waals surface area contributed by atoms with Crippen molar-refractivity contribution in [2.75, 3.05) is 0 Å². The Morgan fingerprint density at radius 2 is 0.857 bits per heavy atom. The molecule has 0 saturated carbocycles. The van der Waals surface area contributed by atoms with Gasteiger partial charge in [-0.1, -0.05) is 140 Å². The molecule has 0 bridgehead atoms. The van der Waals surface area contributed by atoms with Crippen LogP contribution in [-0.2, 0) is 0 Å². The van der Waals surface area contributed by atoms with Crippen molar-refractivity contribution < 1.29 is 0 Å². The first-order valence-corrected chi connectivity index (χ1v) is 16.6. The van der Waals surface area contributed by atoms with Gasteiger partial charge in [-0.05, 0) is 70.3 Å². The first-order valence-electron chi connectivity index (χ1n) is 16.6. The Balaban J connectivity index is 1.09. The second-order valence-corrected chi connectivity index (χ2v) is 12.3. The molecule has 9 rings (SSSR count). The Morgan fingerprint density at radius 3 is 1.51 bits per heavy atom. The Hall–Kier alpha value is -6.52. The van der Waals surface area contributed by atoms with E-state index < -0.39 is 0 Å². The first-order chi connectivity index (χ1) is 24.3. The molecule has 1 aliphatic heterocycles. The van der Waals surface area contributed by atoms with E-state index in [1.54, 1.807) is 0 Å². The van der Waals surface area contributed by atoms with Crippen LogP contribution in [0.2, 0.25) is 0 Å². The van der Waals surface area contributed by atoms with Crippen molar-refractivity contribution in [3.05, 3.63) is 199 Å². The number of rotatable bonds is 6. The fraction of sp³-hybridized carbons (Fsp3) is 0.0222. The Morgan fingerprint density at radius 1 is 0.388 bits per heavy atom. The second kappa shape index (κ2) is 12.3. The lowest BCUT2D eigenvalue weighted by Gasteiger charge is -2.22. The van der Waals surface area contributed by atoms with Crippen LogP contribution in [0.4, 0.5) is 0 Å². The summed E-state index contributed by atoms with van der Waals surface area (Å²) in [6.45, 7) is 0. The molecular formula is C45H32N4. The largest absolute Gasteiger partial charge is 0.324 e. The lowest BCUT2D eigenvalue weighted by molar-refractivity contribution is 0.756. The summed E-state index contributed by atoms with van der Waals surface area (Å²) in [7, 11) is 0. The number of aliphatic imine (C=N–C) groups is 2. The third-order valence-electron chi connectivity index (χ3n) is 9.28. The molecule has 4 nitrogen and oxygen atoms in total. The summed E-state index contributed by atoms with van der Waals surface area (Å²) in [5.74, 6) is 1.61. The van der Waals surface area contributed by atoms with Gasteiger partial charge >= 0.3 is 0 Å². The van der Waals surface area contributed by atoms with E-state index in [4.69, 9.17) is 9.98 Å². The molecule has 1 unspecified atom stereocenters. The van der Waals surface area contributed by atoms with Crippen LogP contribution < -0.4 is 5.32 Å². The van der Waals surface area contributed by atoms with Crippen LogP contribution in [0, 0.1) is 0 Å². The molecule has 0 saturated heterocycles. The summed E-state index contributed by atoms with van der Waals surface area (Å²) in [6, 6.07) is 64.0. The normalized spacial score (nSPS) is 14.3. The topological polar surface area (TPSA) is 41.7 Å². The SMILES string of the molecule is c1ccc(C2=NC(c3ccc(-c4ccccc4)cc3)N=C(c3ccc(-n4c5ccccc5c5cc(-c6ccccc6)ccc54)cc3)N2)cc1. The highest BCUT2D eigenvalue weighted by atomic mass is 15.2. The molecule has 0 amide bonds. The van der Waals surface area contributed by atoms with Crippen molar-refractivity contribution in [3.8, 4) is 27.9 Å². The molecule has 4 heteroatoms. The van der Waals surface area contributed by atoms with E-state index in [0.717, 1.165) is 34.0 Å². The van der Waals surface area contributed by atoms with Crippen molar-refractivity contribution in [2.45, 2.75) is 6.17 Å². The molecule has 0 fully saturated rings. The van der Waals surface area contributed by atoms with Crippen LogP contribution in [0.3, 0.4) is 0 Å². The predicted octanol–water partition coefficient (Wildman–Crippen LogP) is 10.6. The highest BCUT2D eigenvalue weighted by molar-refractivity contribution is 6.16. The van der Waals surface area contributed by atoms with Gasteiger partial charge in [-0.2, -0.15) is 0 Å². The average Bonchev–Trinajstić information content (AvgIpc) is 3.52. The smallest absolute Gasteiger partial charge is 0.169 e. The van der Waals surface area contributed by atoms with E-state index in [-0.39, 0.29) is 6.17 Å². The molecule has 0 aliphatic carbocycles. The van der Waals surface area contributed by atoms with Crippen molar-refractivity contribution in [2.24, 2.45) is 9.98 Å². The fourth-order valence-corrected chi connectivity index (χ4v) is 6.80. The van der Waals surface area contributed by atoms with Gasteiger partial charge in [0.1, 0.15) is 11.7 Å². The summed E-state index contributed by atoms with van der Waals surface area (Å²) < 4.78 is 2.35. The number of hydrogen-bond acceptors (Lipinski definition) is 3. The van der Waals surface area contributed by atoms with E-state index in [1.807, 2.05) is 24.3 Å². The third-order valence-corrected chi connectivity index (χ3v) is 9.28. The van der Waals surface area contributed by atoms with Gasteiger partial charge in [-0.15, -0.1) is 0 Å². The van der Waals surface area contributed by atoms with Crippen molar-refractivity contribution in [1.82, 2.24) is 9.88 Å². The molecule has 0 radical (unpaired) electrons. The molecule has 7 aromatic carbocycles. The minimum atomic E-state index is -0.368. The maximum absolute atomic E-state index is 5.14. The quantitative estimate of drug-likeness (QED) is 0.196. The summed E-state index contributed by atoms with van der Waals surface area (Å²) >= 11 is 0. The monoisotopic (exact) mass is 628 g/mol. The lowest BCUT2D eigenvalue weighted by Crippen LogP contribution is -2.36. The van der Waals surface area contributed by atoms with E-state index >= 15 is 0 Å². The summed E-state index contributed by atoms with van der Waals surface area (Å²) in [4.78, 5) is 10.2. The van der Waals surface area contributed by atoms with Crippen LogP contribution >= 0.6 is 0 Å². The highest BCUT2D eigenvalue weighted by Gasteiger charge is 2.21. The molecule has 0 spiro atoms. The maximum atomic E-state index is 5.14. The van der Waals surface area contributed by atoms with Gasteiger partial charge in [0, 0.05) is 27.6 Å². The molecule has 49 heavy (non-hydrogen) atoms. The van der Waals surface area contributed by atoms with Gasteiger partial charge < -0.3 is 9.88 Å². The molecule has 232 valence electrons. The van der Waals surface area contributed by atoms with E-state index in [9.17, 15) is 0 Å². The zero-order chi connectivity index (χ0) is 32.6. The Kier molecular flexibility index (Phi) is 7.17. The highest BCUT2D eigenvalue weighted by Crippen LogP contribution is 2.35. The Labute approximate surface area is 285 Å². The van der Waals surface area contributed by atoms with Crippen molar-refractivity contribution >= 4 is 33.5 Å². The molecule has 8 aromatic rings. The lowest BCUT2D eigenvalue weighted by atomic mass is 10.0. The second-order valence-electron chi connectivity index (χ2n) is 12.3. The van der Waals surface area contributed by atoms with Crippen LogP contribution in [0.5, 0.6) is 0 Å². The number of nitrogens with one attached hydrogen (secondary N) is 1. The standard InChI is InChI=1S/C45H32N4/c1-4-12-31(13-5-1)33-20-22-35(23-21-33)44-46-43(34-16-8-3-9-17-34)47-45(48-44)36-24-27-38(28-25-36)49-41-19-11-10-18-39(41)40-30-37(26-29-42(40)49)32-14-6-2-7-15-32/h1-30,44H,(H,46,47,48). The number of hydrogen-bond donors (Lipinski definition) is 1. The minimum Gasteiger partial charge on any atom is -0.324 e. The summed E-state index contributed by atoms with van der Waals surface area (Å²) in [5, 5.41) is 6.03. The van der Waals surface area contributed by atoms with Gasteiger partial charge in [0.25, 0.3) is 0 Å². The Bertz CT molecular complexity index is 2480. The van der Waals surface area contributed by atoms with Crippen molar-refractivity contribution in [3.63, 3.8) is 0 Å². The van der Waals surface area contributed by atoms with E-state index in [1.165, 1.54) is 44.1 Å². The average molecular weight is 629 g/mol. The minimum absolute atomic E-state index is 0.368. The number of para-hydroxylation sites is 1. The zero-order valence-electron chi connectivity index (χ0n) is 26.7. The summed E-state index contributed by atoms with van der Waals surface area (Å²) in [5.41, 5.74) is 11.3. The maximum Gasteiger partial charge on any atom is 0.169 e. The molecule has 1 N–H and O–H groups in total. The number of benzene rings is 7. The van der Waals surface area contributed by atoms with Gasteiger partial charge in [-0.3, -0.25) is 0 Å². The first kappa shape index (κ1) is 28.7. The molecule has 1 aromatic heterocycles. The number of aromatic nitrogens is 1. The van der Waals surface area contributed by atoms with Crippen LogP contribution in [-0.4, -0.2) is 16.2 Å². The van der Waals surface area contributed by atoms with Crippen LogP contribution in [0.1, 0.15) is 22.9 Å². The van der Waals surface area contributed by atoms with Gasteiger partial charge in [0.15, 0.2) is 6.17 Å². The van der Waals surface area contributed by atoms with Gasteiger partial charge in [0.05, 0.1) is 11.0 Å². The number of amidine groups is 2.